The number of hydrogen-bond donors (Lipinski definition) is 0. The molecular weight excluding hydrogens is 516 g/mol. The molecule has 0 nitrogen and oxygen atoms in total. The van der Waals surface area contributed by atoms with E-state index < -0.39 is 0 Å². The van der Waals surface area contributed by atoms with Gasteiger partial charge in [-0.3, -0.25) is 0 Å². The van der Waals surface area contributed by atoms with E-state index >= 15 is 0 Å². The molecule has 43 heavy (non-hydrogen) atoms. The lowest BCUT2D eigenvalue weighted by Gasteiger charge is -2.37. The molecule has 0 saturated heterocycles. The van der Waals surface area contributed by atoms with Gasteiger partial charge < -0.3 is 0 Å². The van der Waals surface area contributed by atoms with Gasteiger partial charge in [-0.25, -0.2) is 0 Å². The van der Waals surface area contributed by atoms with Crippen molar-refractivity contribution in [2.24, 2.45) is 57.7 Å². The Balaban J connectivity index is 0.000000516. The minimum absolute atomic E-state index is 0.500. The molecule has 4 rings (SSSR count). The largest absolute Gasteiger partial charge is 0.0625 e. The quantitative estimate of drug-likeness (QED) is 0.299. The Morgan fingerprint density at radius 1 is 0.419 bits per heavy atom. The average Bonchev–Trinajstić information content (AvgIpc) is 3.64. The second-order valence-corrected chi connectivity index (χ2v) is 18.8. The van der Waals surface area contributed by atoms with Gasteiger partial charge in [-0.1, -0.05) is 194 Å². The molecule has 4 aliphatic rings. The van der Waals surface area contributed by atoms with Gasteiger partial charge in [-0.15, -0.1) is 0 Å². The third-order valence-corrected chi connectivity index (χ3v) is 13.2. The summed E-state index contributed by atoms with van der Waals surface area (Å²) < 4.78 is 0. The predicted octanol–water partition coefficient (Wildman–Crippen LogP) is 15.6. The van der Waals surface area contributed by atoms with Crippen LogP contribution in [0.15, 0.2) is 0 Å². The van der Waals surface area contributed by atoms with E-state index in [1.54, 1.807) is 0 Å². The fourth-order valence-corrected chi connectivity index (χ4v) is 7.12. The summed E-state index contributed by atoms with van der Waals surface area (Å²) in [5, 5.41) is 0. The third kappa shape index (κ3) is 18.7. The fourth-order valence-electron chi connectivity index (χ4n) is 7.12. The predicted molar refractivity (Wildman–Crippen MR) is 200 cm³/mol. The van der Waals surface area contributed by atoms with Crippen LogP contribution in [0.3, 0.4) is 0 Å². The summed E-state index contributed by atoms with van der Waals surface area (Å²) in [6, 6.07) is 0. The molecule has 260 valence electrons. The lowest BCUT2D eigenvalue weighted by atomic mass is 9.69. The van der Waals surface area contributed by atoms with E-state index in [-0.39, 0.29) is 0 Å². The summed E-state index contributed by atoms with van der Waals surface area (Å²) in [5.41, 5.74) is 1.87. The van der Waals surface area contributed by atoms with Crippen molar-refractivity contribution in [1.29, 1.82) is 0 Å². The first-order valence-corrected chi connectivity index (χ1v) is 19.9. The van der Waals surface area contributed by atoms with Crippen LogP contribution < -0.4 is 0 Å². The van der Waals surface area contributed by atoms with Gasteiger partial charge in [0.15, 0.2) is 0 Å². The van der Waals surface area contributed by atoms with Crippen molar-refractivity contribution >= 4 is 0 Å². The van der Waals surface area contributed by atoms with Crippen LogP contribution >= 0.6 is 0 Å². The summed E-state index contributed by atoms with van der Waals surface area (Å²) >= 11 is 0. The van der Waals surface area contributed by atoms with Crippen LogP contribution in [0.25, 0.3) is 0 Å². The summed E-state index contributed by atoms with van der Waals surface area (Å²) in [6.07, 6.45) is 26.6. The minimum atomic E-state index is 0.500. The molecule has 4 fully saturated rings. The average molecular weight is 605 g/mol. The van der Waals surface area contributed by atoms with E-state index in [2.05, 4.69) is 104 Å². The molecular formula is C43H88. The highest BCUT2D eigenvalue weighted by molar-refractivity contribution is 4.83. The smallest absolute Gasteiger partial charge is 0.0303 e. The zero-order valence-corrected chi connectivity index (χ0v) is 33.3. The second kappa shape index (κ2) is 21.7. The van der Waals surface area contributed by atoms with Gasteiger partial charge in [-0.2, -0.15) is 0 Å². The van der Waals surface area contributed by atoms with Crippen LogP contribution in [0.1, 0.15) is 219 Å². The van der Waals surface area contributed by atoms with Crippen molar-refractivity contribution in [3.63, 3.8) is 0 Å². The van der Waals surface area contributed by atoms with Gasteiger partial charge in [0.1, 0.15) is 0 Å². The van der Waals surface area contributed by atoms with Gasteiger partial charge >= 0.3 is 0 Å². The summed E-state index contributed by atoms with van der Waals surface area (Å²) in [6.45, 7) is 35.0. The second-order valence-electron chi connectivity index (χ2n) is 18.8. The van der Waals surface area contributed by atoms with Crippen molar-refractivity contribution in [2.75, 3.05) is 0 Å². The molecule has 0 atom stereocenters. The van der Waals surface area contributed by atoms with Crippen LogP contribution in [0.5, 0.6) is 0 Å². The Morgan fingerprint density at radius 2 is 0.651 bits per heavy atom. The SMILES string of the molecule is CC(C)C(C)(C)C.CC(C)C1(C)CCCC1.CC(C)C1(C)CCCCC1.CC(C)C1CCCC1.CC(C)C1CCCCC1. The Hall–Kier alpha value is 0. The van der Waals surface area contributed by atoms with Crippen molar-refractivity contribution in [2.45, 2.75) is 219 Å². The molecule has 0 spiro atoms. The Bertz CT molecular complexity index is 617. The van der Waals surface area contributed by atoms with Gasteiger partial charge in [-0.05, 0) is 83.4 Å². The highest BCUT2D eigenvalue weighted by Crippen LogP contribution is 2.43. The summed E-state index contributed by atoms with van der Waals surface area (Å²) in [5.74, 6) is 6.57. The molecule has 4 saturated carbocycles. The van der Waals surface area contributed by atoms with Crippen LogP contribution in [0.2, 0.25) is 0 Å². The van der Waals surface area contributed by atoms with Crippen molar-refractivity contribution < 1.29 is 0 Å². The van der Waals surface area contributed by atoms with E-state index in [0.717, 1.165) is 41.4 Å². The van der Waals surface area contributed by atoms with Gasteiger partial charge in [0.25, 0.3) is 0 Å². The van der Waals surface area contributed by atoms with Crippen LogP contribution in [0, 0.1) is 57.7 Å². The molecule has 0 aromatic carbocycles. The van der Waals surface area contributed by atoms with E-state index in [1.165, 1.54) is 116 Å². The summed E-state index contributed by atoms with van der Waals surface area (Å²) in [7, 11) is 0. The molecule has 0 radical (unpaired) electrons. The molecule has 0 aromatic heterocycles. The standard InChI is InChI=1S/C10H20.2C9H18.C8H16.C7H16/c1-9(2)10(3)7-5-4-6-8-10;1-8(2)9(3)6-4-5-7-9;1-8(2)9-6-4-3-5-7-9;1-7(2)8-5-3-4-6-8;1-6(2)7(3,4)5/h9H,4-8H2,1-3H3;8H,4-7H2,1-3H3;8-9H,3-7H2,1-2H3;7-8H,3-6H2,1-2H3;6H,1-5H3. The first-order chi connectivity index (χ1) is 19.9. The maximum absolute atomic E-state index is 2.46. The normalized spacial score (nSPS) is 22.3. The molecule has 0 aromatic rings. The van der Waals surface area contributed by atoms with Gasteiger partial charge in [0.2, 0.25) is 0 Å². The topological polar surface area (TPSA) is 0 Å². The highest BCUT2D eigenvalue weighted by Gasteiger charge is 2.31. The molecule has 0 bridgehead atoms. The number of hydrogen-bond acceptors (Lipinski definition) is 0. The summed E-state index contributed by atoms with van der Waals surface area (Å²) in [4.78, 5) is 0. The van der Waals surface area contributed by atoms with Gasteiger partial charge in [0.05, 0.1) is 0 Å². The van der Waals surface area contributed by atoms with Gasteiger partial charge in [0, 0.05) is 0 Å². The zero-order chi connectivity index (χ0) is 33.3. The minimum Gasteiger partial charge on any atom is -0.0625 e. The van der Waals surface area contributed by atoms with Crippen LogP contribution in [0.4, 0.5) is 0 Å². The third-order valence-electron chi connectivity index (χ3n) is 13.2. The first-order valence-electron chi connectivity index (χ1n) is 19.9. The maximum Gasteiger partial charge on any atom is -0.0303 e. The monoisotopic (exact) mass is 605 g/mol. The fraction of sp³-hybridized carbons (Fsp3) is 1.00. The Labute approximate surface area is 276 Å². The molecule has 4 aliphatic carbocycles. The molecule has 0 N–H and O–H groups in total. The first kappa shape index (κ1) is 43.0. The lowest BCUT2D eigenvalue weighted by molar-refractivity contribution is 0.143. The van der Waals surface area contributed by atoms with E-state index in [0.29, 0.717) is 16.2 Å². The zero-order valence-electron chi connectivity index (χ0n) is 33.3. The molecule has 0 aliphatic heterocycles. The highest BCUT2D eigenvalue weighted by atomic mass is 14.4. The van der Waals surface area contributed by atoms with Crippen molar-refractivity contribution in [3.8, 4) is 0 Å². The van der Waals surface area contributed by atoms with Crippen molar-refractivity contribution in [1.82, 2.24) is 0 Å². The molecule has 0 unspecified atom stereocenters. The maximum atomic E-state index is 2.46. The molecule has 0 amide bonds. The van der Waals surface area contributed by atoms with E-state index in [4.69, 9.17) is 0 Å². The number of rotatable bonds is 4. The Morgan fingerprint density at radius 3 is 0.837 bits per heavy atom. The molecule has 0 heterocycles. The van der Waals surface area contributed by atoms with Crippen LogP contribution in [-0.4, -0.2) is 0 Å². The van der Waals surface area contributed by atoms with Crippen LogP contribution in [-0.2, 0) is 0 Å². The lowest BCUT2D eigenvalue weighted by Crippen LogP contribution is -2.25. The molecule has 0 heteroatoms. The van der Waals surface area contributed by atoms with E-state index in [9.17, 15) is 0 Å². The van der Waals surface area contributed by atoms with E-state index in [1.807, 2.05) is 0 Å². The van der Waals surface area contributed by atoms with Crippen molar-refractivity contribution in [3.05, 3.63) is 0 Å². The Kier molecular flexibility index (Phi) is 21.7.